The van der Waals surface area contributed by atoms with E-state index in [9.17, 15) is 0 Å². The second-order valence-corrected chi connectivity index (χ2v) is 6.23. The average molecular weight is 264 g/mol. The van der Waals surface area contributed by atoms with E-state index in [4.69, 9.17) is 0 Å². The molecule has 1 saturated heterocycles. The summed E-state index contributed by atoms with van der Waals surface area (Å²) in [5.41, 5.74) is 2.58. The van der Waals surface area contributed by atoms with Crippen molar-refractivity contribution in [2.75, 3.05) is 20.1 Å². The molecular weight excluding hydrogens is 236 g/mol. The highest BCUT2D eigenvalue weighted by molar-refractivity contribution is 5.22. The number of hydrogen-bond acceptors (Lipinski definition) is 3. The first-order valence-corrected chi connectivity index (χ1v) is 7.42. The number of aryl methyl sites for hydroxylation is 2. The van der Waals surface area contributed by atoms with Crippen molar-refractivity contribution in [1.29, 1.82) is 0 Å². The zero-order chi connectivity index (χ0) is 14.0. The summed E-state index contributed by atoms with van der Waals surface area (Å²) in [6, 6.07) is 1.07. The van der Waals surface area contributed by atoms with Gasteiger partial charge in [-0.2, -0.15) is 5.10 Å². The molecule has 0 saturated carbocycles. The van der Waals surface area contributed by atoms with Crippen molar-refractivity contribution in [3.8, 4) is 0 Å². The van der Waals surface area contributed by atoms with Crippen molar-refractivity contribution in [3.05, 3.63) is 17.5 Å². The largest absolute Gasteiger partial charge is 0.314 e. The fourth-order valence-corrected chi connectivity index (χ4v) is 3.26. The van der Waals surface area contributed by atoms with Crippen LogP contribution in [0, 0.1) is 12.8 Å². The minimum absolute atomic E-state index is 0.508. The van der Waals surface area contributed by atoms with Crippen molar-refractivity contribution in [1.82, 2.24) is 20.0 Å². The summed E-state index contributed by atoms with van der Waals surface area (Å²) in [5, 5.41) is 8.13. The number of nitrogens with one attached hydrogen (secondary N) is 1. The molecule has 1 fully saturated rings. The third kappa shape index (κ3) is 3.37. The maximum Gasteiger partial charge on any atom is 0.0641 e. The molecule has 2 rings (SSSR count). The molecule has 4 heteroatoms. The normalized spacial score (nSPS) is 25.2. The Balaban J connectivity index is 2.18. The van der Waals surface area contributed by atoms with Crippen LogP contribution < -0.4 is 5.32 Å². The van der Waals surface area contributed by atoms with Crippen LogP contribution >= 0.6 is 0 Å². The van der Waals surface area contributed by atoms with Crippen LogP contribution in [-0.4, -0.2) is 40.9 Å². The van der Waals surface area contributed by atoms with Crippen LogP contribution in [0.15, 0.2) is 6.20 Å². The average Bonchev–Trinajstić information content (AvgIpc) is 2.65. The third-order valence-electron chi connectivity index (χ3n) is 4.17. The van der Waals surface area contributed by atoms with E-state index in [0.29, 0.717) is 18.0 Å². The summed E-state index contributed by atoms with van der Waals surface area (Å²) < 4.78 is 1.94. The van der Waals surface area contributed by atoms with Crippen molar-refractivity contribution in [2.24, 2.45) is 13.0 Å². The van der Waals surface area contributed by atoms with Gasteiger partial charge in [-0.1, -0.05) is 13.8 Å². The van der Waals surface area contributed by atoms with Gasteiger partial charge in [-0.3, -0.25) is 9.58 Å². The van der Waals surface area contributed by atoms with Crippen LogP contribution in [0.3, 0.4) is 0 Å². The smallest absolute Gasteiger partial charge is 0.0641 e. The minimum atomic E-state index is 0.508. The fourth-order valence-electron chi connectivity index (χ4n) is 3.26. The Labute approximate surface area is 117 Å². The summed E-state index contributed by atoms with van der Waals surface area (Å²) >= 11 is 0. The highest BCUT2D eigenvalue weighted by Gasteiger charge is 2.32. The summed E-state index contributed by atoms with van der Waals surface area (Å²) in [7, 11) is 4.26. The molecule has 2 heterocycles. The Hall–Kier alpha value is -0.870. The highest BCUT2D eigenvalue weighted by atomic mass is 15.3. The molecule has 1 aromatic rings. The van der Waals surface area contributed by atoms with E-state index in [1.807, 2.05) is 11.7 Å². The molecule has 0 spiro atoms. The van der Waals surface area contributed by atoms with E-state index >= 15 is 0 Å². The number of aromatic nitrogens is 2. The minimum Gasteiger partial charge on any atom is -0.314 e. The lowest BCUT2D eigenvalue weighted by atomic mass is 9.85. The van der Waals surface area contributed by atoms with Crippen molar-refractivity contribution in [3.63, 3.8) is 0 Å². The molecule has 2 unspecified atom stereocenters. The Kier molecular flexibility index (Phi) is 4.63. The van der Waals surface area contributed by atoms with Crippen LogP contribution in [0.1, 0.15) is 44.0 Å². The van der Waals surface area contributed by atoms with Crippen molar-refractivity contribution >= 4 is 0 Å². The number of nitrogens with zero attached hydrogens (tertiary/aromatic N) is 3. The van der Waals surface area contributed by atoms with Gasteiger partial charge in [0.1, 0.15) is 0 Å². The second kappa shape index (κ2) is 6.06. The van der Waals surface area contributed by atoms with E-state index in [0.717, 1.165) is 6.54 Å². The first kappa shape index (κ1) is 14.5. The first-order chi connectivity index (χ1) is 8.99. The van der Waals surface area contributed by atoms with Crippen molar-refractivity contribution in [2.45, 2.75) is 45.7 Å². The number of likely N-dealkylation sites (tertiary alicyclic amines) is 1. The molecule has 1 N–H and O–H groups in total. The Morgan fingerprint density at radius 2 is 2.16 bits per heavy atom. The molecule has 0 amide bonds. The molecule has 1 aliphatic heterocycles. The third-order valence-corrected chi connectivity index (χ3v) is 4.17. The molecule has 0 aromatic carbocycles. The number of piperidine rings is 1. The van der Waals surface area contributed by atoms with E-state index < -0.39 is 0 Å². The standard InChI is InChI=1S/C15H28N4/c1-11(2)16-9-13-7-6-8-18(4)15(13)14-10-19(5)17-12(14)3/h10-11,13,15-16H,6-9H2,1-5H3. The molecule has 2 atom stereocenters. The highest BCUT2D eigenvalue weighted by Crippen LogP contribution is 2.35. The topological polar surface area (TPSA) is 33.1 Å². The fraction of sp³-hybridized carbons (Fsp3) is 0.800. The van der Waals surface area contributed by atoms with E-state index in [-0.39, 0.29) is 0 Å². The van der Waals surface area contributed by atoms with E-state index in [2.05, 4.69) is 49.3 Å². The zero-order valence-electron chi connectivity index (χ0n) is 13.0. The Morgan fingerprint density at radius 3 is 2.74 bits per heavy atom. The number of hydrogen-bond donors (Lipinski definition) is 1. The van der Waals surface area contributed by atoms with Gasteiger partial charge in [0.2, 0.25) is 0 Å². The van der Waals surface area contributed by atoms with Gasteiger partial charge >= 0.3 is 0 Å². The quantitative estimate of drug-likeness (QED) is 0.904. The monoisotopic (exact) mass is 264 g/mol. The van der Waals surface area contributed by atoms with Crippen molar-refractivity contribution < 1.29 is 0 Å². The lowest BCUT2D eigenvalue weighted by Crippen LogP contribution is -2.42. The van der Waals surface area contributed by atoms with Gasteiger partial charge in [0.15, 0.2) is 0 Å². The summed E-state index contributed by atoms with van der Waals surface area (Å²) in [5.74, 6) is 0.684. The van der Waals surface area contributed by atoms with Crippen LogP contribution in [-0.2, 0) is 7.05 Å². The maximum absolute atomic E-state index is 4.52. The molecule has 0 aliphatic carbocycles. The lowest BCUT2D eigenvalue weighted by molar-refractivity contribution is 0.117. The van der Waals surface area contributed by atoms with Gasteiger partial charge in [-0.15, -0.1) is 0 Å². The van der Waals surface area contributed by atoms with Crippen LogP contribution in [0.2, 0.25) is 0 Å². The van der Waals surface area contributed by atoms with Gasteiger partial charge in [0, 0.05) is 37.4 Å². The molecule has 0 bridgehead atoms. The predicted molar refractivity (Wildman–Crippen MR) is 79.2 cm³/mol. The molecule has 108 valence electrons. The van der Waals surface area contributed by atoms with E-state index in [1.165, 1.54) is 30.6 Å². The molecule has 1 aliphatic rings. The summed E-state index contributed by atoms with van der Waals surface area (Å²) in [4.78, 5) is 2.50. The second-order valence-electron chi connectivity index (χ2n) is 6.23. The molecule has 0 radical (unpaired) electrons. The van der Waals surface area contributed by atoms with E-state index in [1.54, 1.807) is 0 Å². The molecule has 19 heavy (non-hydrogen) atoms. The molecule has 4 nitrogen and oxygen atoms in total. The van der Waals surface area contributed by atoms with Crippen LogP contribution in [0.5, 0.6) is 0 Å². The predicted octanol–water partition coefficient (Wildman–Crippen LogP) is 2.11. The van der Waals surface area contributed by atoms with Crippen LogP contribution in [0.4, 0.5) is 0 Å². The lowest BCUT2D eigenvalue weighted by Gasteiger charge is -2.39. The van der Waals surface area contributed by atoms with Crippen LogP contribution in [0.25, 0.3) is 0 Å². The van der Waals surface area contributed by atoms with Gasteiger partial charge < -0.3 is 5.32 Å². The van der Waals surface area contributed by atoms with Gasteiger partial charge in [-0.05, 0) is 39.3 Å². The summed E-state index contributed by atoms with van der Waals surface area (Å²) in [6.45, 7) is 8.86. The maximum atomic E-state index is 4.52. The van der Waals surface area contributed by atoms with Gasteiger partial charge in [0.25, 0.3) is 0 Å². The zero-order valence-corrected chi connectivity index (χ0v) is 13.0. The Bertz CT molecular complexity index is 410. The van der Waals surface area contributed by atoms with Gasteiger partial charge in [-0.25, -0.2) is 0 Å². The number of rotatable bonds is 4. The first-order valence-electron chi connectivity index (χ1n) is 7.42. The SMILES string of the molecule is Cc1nn(C)cc1C1C(CNC(C)C)CCCN1C. The molecular formula is C15H28N4. The Morgan fingerprint density at radius 1 is 1.42 bits per heavy atom. The van der Waals surface area contributed by atoms with Gasteiger partial charge in [0.05, 0.1) is 5.69 Å². The summed E-state index contributed by atoms with van der Waals surface area (Å²) in [6.07, 6.45) is 4.81. The molecule has 1 aromatic heterocycles.